The maximum Gasteiger partial charge on any atom is 0.238 e. The molecule has 5 nitrogen and oxygen atoms in total. The van der Waals surface area contributed by atoms with E-state index in [0.29, 0.717) is 17.6 Å². The van der Waals surface area contributed by atoms with Crippen molar-refractivity contribution < 1.29 is 4.42 Å². The third-order valence-corrected chi connectivity index (χ3v) is 9.50. The van der Waals surface area contributed by atoms with Crippen molar-refractivity contribution in [1.82, 2.24) is 19.5 Å². The number of hydrogen-bond donors (Lipinski definition) is 0. The van der Waals surface area contributed by atoms with Crippen LogP contribution in [0.2, 0.25) is 0 Å². The van der Waals surface area contributed by atoms with Crippen molar-refractivity contribution in [3.8, 4) is 51.0 Å². The summed E-state index contributed by atoms with van der Waals surface area (Å²) in [5.74, 6) is 1.72. The third kappa shape index (κ3) is 4.60. The quantitative estimate of drug-likeness (QED) is 0.188. The van der Waals surface area contributed by atoms with Crippen LogP contribution in [0.1, 0.15) is 0 Å². The summed E-state index contributed by atoms with van der Waals surface area (Å²) in [6.07, 6.45) is 0. The summed E-state index contributed by atoms with van der Waals surface area (Å²) in [6, 6.07) is 58.6. The van der Waals surface area contributed by atoms with Crippen LogP contribution in [-0.2, 0) is 0 Å². The normalized spacial score (nSPS) is 11.6. The van der Waals surface area contributed by atoms with Gasteiger partial charge in [-0.15, -0.1) is 0 Å². The average Bonchev–Trinajstić information content (AvgIpc) is 3.75. The maximum atomic E-state index is 6.61. The molecule has 50 heavy (non-hydrogen) atoms. The average molecular weight is 641 g/mol. The van der Waals surface area contributed by atoms with Crippen LogP contribution in [-0.4, -0.2) is 19.5 Å². The second-order valence-corrected chi connectivity index (χ2v) is 12.5. The number of nitrogens with zero attached hydrogens (tertiary/aromatic N) is 4. The lowest BCUT2D eigenvalue weighted by Gasteiger charge is -2.12. The van der Waals surface area contributed by atoms with Crippen molar-refractivity contribution in [2.75, 3.05) is 0 Å². The highest BCUT2D eigenvalue weighted by Crippen LogP contribution is 2.40. The summed E-state index contributed by atoms with van der Waals surface area (Å²) in [5.41, 5.74) is 9.99. The number of furan rings is 1. The lowest BCUT2D eigenvalue weighted by atomic mass is 10.0. The highest BCUT2D eigenvalue weighted by atomic mass is 16.3. The summed E-state index contributed by atoms with van der Waals surface area (Å²) in [4.78, 5) is 15.5. The number of rotatable bonds is 5. The van der Waals surface area contributed by atoms with Gasteiger partial charge in [-0.25, -0.2) is 4.98 Å². The SMILES string of the molecule is c1ccc(-c2ccc(-c3nc(-c4ccc(-c5ccccc5)cc4)nc(-n4c5ccccc5c5ccc6c7ccccc7oc6c54)n3)cc2)cc1. The molecule has 3 heterocycles. The molecule has 0 bridgehead atoms. The zero-order chi connectivity index (χ0) is 33.0. The Balaban J connectivity index is 1.22. The Morgan fingerprint density at radius 3 is 1.46 bits per heavy atom. The molecule has 0 spiro atoms. The third-order valence-electron chi connectivity index (χ3n) is 9.50. The first-order valence-electron chi connectivity index (χ1n) is 16.7. The largest absolute Gasteiger partial charge is 0.454 e. The van der Waals surface area contributed by atoms with E-state index in [1.807, 2.05) is 30.3 Å². The minimum atomic E-state index is 0.531. The van der Waals surface area contributed by atoms with Crippen LogP contribution in [0.5, 0.6) is 0 Å². The fourth-order valence-corrected chi connectivity index (χ4v) is 7.05. The molecule has 0 amide bonds. The summed E-state index contributed by atoms with van der Waals surface area (Å²) < 4.78 is 8.75. The highest BCUT2D eigenvalue weighted by molar-refractivity contribution is 6.21. The first kappa shape index (κ1) is 28.2. The summed E-state index contributed by atoms with van der Waals surface area (Å²) >= 11 is 0. The molecule has 0 unspecified atom stereocenters. The molecule has 0 aliphatic carbocycles. The van der Waals surface area contributed by atoms with Crippen molar-refractivity contribution >= 4 is 43.7 Å². The van der Waals surface area contributed by atoms with Gasteiger partial charge in [0.15, 0.2) is 17.2 Å². The minimum Gasteiger partial charge on any atom is -0.454 e. The van der Waals surface area contributed by atoms with Gasteiger partial charge < -0.3 is 4.42 Å². The Morgan fingerprint density at radius 1 is 0.360 bits per heavy atom. The minimum absolute atomic E-state index is 0.531. The molecule has 7 aromatic carbocycles. The number of benzene rings is 7. The first-order chi connectivity index (χ1) is 24.8. The van der Waals surface area contributed by atoms with Gasteiger partial charge in [-0.3, -0.25) is 4.57 Å². The Kier molecular flexibility index (Phi) is 6.42. The Morgan fingerprint density at radius 2 is 0.840 bits per heavy atom. The van der Waals surface area contributed by atoms with E-state index in [1.165, 1.54) is 0 Å². The molecule has 10 aromatic rings. The van der Waals surface area contributed by atoms with Gasteiger partial charge in [-0.1, -0.05) is 152 Å². The molecule has 0 aliphatic rings. The van der Waals surface area contributed by atoms with Crippen LogP contribution >= 0.6 is 0 Å². The highest BCUT2D eigenvalue weighted by Gasteiger charge is 2.22. The molecule has 0 saturated heterocycles. The van der Waals surface area contributed by atoms with E-state index in [2.05, 4.69) is 144 Å². The topological polar surface area (TPSA) is 56.7 Å². The van der Waals surface area contributed by atoms with Gasteiger partial charge >= 0.3 is 0 Å². The Bertz CT molecular complexity index is 2740. The van der Waals surface area contributed by atoms with E-state index in [-0.39, 0.29) is 0 Å². The summed E-state index contributed by atoms with van der Waals surface area (Å²) in [6.45, 7) is 0. The van der Waals surface area contributed by atoms with Crippen molar-refractivity contribution in [1.29, 1.82) is 0 Å². The molecule has 0 saturated carbocycles. The van der Waals surface area contributed by atoms with Gasteiger partial charge in [-0.2, -0.15) is 9.97 Å². The van der Waals surface area contributed by atoms with Crippen molar-refractivity contribution in [2.45, 2.75) is 0 Å². The lowest BCUT2D eigenvalue weighted by molar-refractivity contribution is 0.670. The standard InChI is InChI=1S/C45H28N4O/c1-3-11-29(12-4-1)31-19-23-33(24-20-31)43-46-44(34-25-21-32(22-26-34)30-13-5-2-6-14-30)48-45(47-43)49-39-17-9-7-15-35(39)37-27-28-38-36-16-8-10-18-40(36)50-42(38)41(37)49/h1-28H. The van der Waals surface area contributed by atoms with Crippen LogP contribution in [0.25, 0.3) is 94.7 Å². The van der Waals surface area contributed by atoms with Gasteiger partial charge in [0.1, 0.15) is 11.1 Å². The van der Waals surface area contributed by atoms with Gasteiger partial charge in [0, 0.05) is 32.7 Å². The number of hydrogen-bond acceptors (Lipinski definition) is 4. The predicted octanol–water partition coefficient (Wildman–Crippen LogP) is 11.5. The molecule has 234 valence electrons. The van der Waals surface area contributed by atoms with Crippen LogP contribution in [0, 0.1) is 0 Å². The zero-order valence-corrected chi connectivity index (χ0v) is 26.9. The van der Waals surface area contributed by atoms with Crippen LogP contribution in [0.15, 0.2) is 174 Å². The monoisotopic (exact) mass is 640 g/mol. The molecular formula is C45H28N4O. The van der Waals surface area contributed by atoms with E-state index in [1.54, 1.807) is 0 Å². The van der Waals surface area contributed by atoms with Crippen LogP contribution in [0.4, 0.5) is 0 Å². The zero-order valence-electron chi connectivity index (χ0n) is 26.9. The molecular weight excluding hydrogens is 613 g/mol. The molecule has 0 atom stereocenters. The molecule has 0 fully saturated rings. The number of para-hydroxylation sites is 2. The fraction of sp³-hybridized carbons (Fsp3) is 0. The lowest BCUT2D eigenvalue weighted by Crippen LogP contribution is -2.06. The van der Waals surface area contributed by atoms with Crippen molar-refractivity contribution in [2.24, 2.45) is 0 Å². The molecule has 5 heteroatoms. The Labute approximate surface area is 287 Å². The fourth-order valence-electron chi connectivity index (χ4n) is 7.05. The van der Waals surface area contributed by atoms with Crippen molar-refractivity contribution in [3.05, 3.63) is 170 Å². The summed E-state index contributed by atoms with van der Waals surface area (Å²) in [5, 5.41) is 4.32. The van der Waals surface area contributed by atoms with E-state index in [9.17, 15) is 0 Å². The van der Waals surface area contributed by atoms with E-state index in [0.717, 1.165) is 77.1 Å². The molecule has 3 aromatic heterocycles. The number of aromatic nitrogens is 4. The van der Waals surface area contributed by atoms with Gasteiger partial charge in [0.25, 0.3) is 0 Å². The Hall–Kier alpha value is -6.85. The van der Waals surface area contributed by atoms with Crippen molar-refractivity contribution in [3.63, 3.8) is 0 Å². The van der Waals surface area contributed by atoms with E-state index in [4.69, 9.17) is 19.4 Å². The molecule has 10 rings (SSSR count). The molecule has 0 N–H and O–H groups in total. The smallest absolute Gasteiger partial charge is 0.238 e. The van der Waals surface area contributed by atoms with Gasteiger partial charge in [0.05, 0.1) is 5.52 Å². The van der Waals surface area contributed by atoms with E-state index < -0.39 is 0 Å². The second-order valence-electron chi connectivity index (χ2n) is 12.5. The van der Waals surface area contributed by atoms with Gasteiger partial charge in [0.2, 0.25) is 5.95 Å². The molecule has 0 radical (unpaired) electrons. The van der Waals surface area contributed by atoms with Crippen LogP contribution in [0.3, 0.4) is 0 Å². The van der Waals surface area contributed by atoms with Gasteiger partial charge in [-0.05, 0) is 40.5 Å². The number of fused-ring (bicyclic) bond motifs is 7. The summed E-state index contributed by atoms with van der Waals surface area (Å²) in [7, 11) is 0. The van der Waals surface area contributed by atoms with E-state index >= 15 is 0 Å². The maximum absolute atomic E-state index is 6.61. The predicted molar refractivity (Wildman–Crippen MR) is 203 cm³/mol. The first-order valence-corrected chi connectivity index (χ1v) is 16.7. The van der Waals surface area contributed by atoms with Crippen LogP contribution < -0.4 is 0 Å². The molecule has 0 aliphatic heterocycles. The second kappa shape index (κ2) is 11.4.